The first-order chi connectivity index (χ1) is 14.5. The Bertz CT molecular complexity index is 1200. The Balaban J connectivity index is 1.61. The maximum Gasteiger partial charge on any atom is 0.267 e. The maximum atomic E-state index is 13.1. The lowest BCUT2D eigenvalue weighted by Gasteiger charge is -2.20. The van der Waals surface area contributed by atoms with Crippen LogP contribution in [-0.4, -0.2) is 17.5 Å². The molecule has 0 aliphatic rings. The lowest BCUT2D eigenvalue weighted by atomic mass is 10.2. The quantitative estimate of drug-likeness (QED) is 0.275. The molecule has 0 saturated carbocycles. The molecule has 4 rings (SSSR count). The highest BCUT2D eigenvalue weighted by molar-refractivity contribution is 9.10. The number of thiazole rings is 1. The van der Waals surface area contributed by atoms with E-state index in [1.165, 1.54) is 11.3 Å². The minimum Gasteiger partial charge on any atom is -0.482 e. The highest BCUT2D eigenvalue weighted by Gasteiger charge is 2.21. The number of ether oxygens (including phenoxy) is 1. The van der Waals surface area contributed by atoms with Crippen LogP contribution in [0.5, 0.6) is 5.75 Å². The van der Waals surface area contributed by atoms with Gasteiger partial charge in [0, 0.05) is 9.50 Å². The topological polar surface area (TPSA) is 42.4 Å². The molecule has 0 radical (unpaired) electrons. The van der Waals surface area contributed by atoms with Crippen LogP contribution in [0.15, 0.2) is 71.2 Å². The zero-order valence-electron chi connectivity index (χ0n) is 15.5. The van der Waals surface area contributed by atoms with E-state index in [1.807, 2.05) is 48.5 Å². The molecule has 1 amide bonds. The van der Waals surface area contributed by atoms with Crippen LogP contribution in [0, 0.1) is 0 Å². The summed E-state index contributed by atoms with van der Waals surface area (Å²) >= 11 is 17.0. The summed E-state index contributed by atoms with van der Waals surface area (Å²) in [6.45, 7) is 0.214. The van der Waals surface area contributed by atoms with Crippen molar-refractivity contribution < 1.29 is 9.53 Å². The number of benzene rings is 3. The highest BCUT2D eigenvalue weighted by Crippen LogP contribution is 2.32. The fourth-order valence-corrected chi connectivity index (χ4v) is 4.84. The minimum absolute atomic E-state index is 0.173. The van der Waals surface area contributed by atoms with Crippen LogP contribution in [0.2, 0.25) is 10.0 Å². The number of nitrogens with zero attached hydrogens (tertiary/aromatic N) is 2. The van der Waals surface area contributed by atoms with Crippen molar-refractivity contribution >= 4 is 71.7 Å². The minimum atomic E-state index is -0.219. The van der Waals surface area contributed by atoms with Gasteiger partial charge in [0.05, 0.1) is 21.8 Å². The molecule has 0 N–H and O–H groups in total. The number of carbonyl (C=O) groups is 1. The summed E-state index contributed by atoms with van der Waals surface area (Å²) in [5.74, 6) is 0.185. The van der Waals surface area contributed by atoms with Gasteiger partial charge in [-0.1, -0.05) is 80.8 Å². The van der Waals surface area contributed by atoms with Gasteiger partial charge in [-0.15, -0.1) is 0 Å². The first kappa shape index (κ1) is 21.1. The second-order valence-electron chi connectivity index (χ2n) is 6.44. The number of amides is 1. The first-order valence-electron chi connectivity index (χ1n) is 8.98. The van der Waals surface area contributed by atoms with Crippen molar-refractivity contribution in [2.45, 2.75) is 6.54 Å². The Morgan fingerprint density at radius 1 is 1.07 bits per heavy atom. The molecule has 0 spiro atoms. The molecule has 0 unspecified atom stereocenters. The van der Waals surface area contributed by atoms with Crippen LogP contribution in [0.1, 0.15) is 5.56 Å². The lowest BCUT2D eigenvalue weighted by molar-refractivity contribution is -0.120. The average Bonchev–Trinajstić information content (AvgIpc) is 3.14. The standard InChI is InChI=1S/C22H15BrCl2N2O2S/c23-15-6-8-18-20(10-15)30-22(26-18)27(12-14-4-2-1-3-5-14)21(28)13-29-19-9-7-16(24)11-17(19)25/h1-11H,12-13H2. The van der Waals surface area contributed by atoms with E-state index in [-0.39, 0.29) is 12.5 Å². The largest absolute Gasteiger partial charge is 0.482 e. The van der Waals surface area contributed by atoms with E-state index in [0.29, 0.717) is 27.5 Å². The number of carbonyl (C=O) groups excluding carboxylic acids is 1. The Kier molecular flexibility index (Phi) is 6.58. The Morgan fingerprint density at radius 2 is 1.87 bits per heavy atom. The lowest BCUT2D eigenvalue weighted by Crippen LogP contribution is -2.34. The molecule has 0 saturated heterocycles. The predicted octanol–water partition coefficient (Wildman–Crippen LogP) is 6.98. The third-order valence-electron chi connectivity index (χ3n) is 4.30. The molecule has 4 aromatic rings. The third-order valence-corrected chi connectivity index (χ3v) is 6.36. The average molecular weight is 522 g/mol. The van der Waals surface area contributed by atoms with Crippen molar-refractivity contribution in [1.29, 1.82) is 0 Å². The summed E-state index contributed by atoms with van der Waals surface area (Å²) in [5, 5.41) is 1.47. The predicted molar refractivity (Wildman–Crippen MR) is 127 cm³/mol. The van der Waals surface area contributed by atoms with Crippen molar-refractivity contribution in [3.05, 3.63) is 86.8 Å². The number of halogens is 3. The van der Waals surface area contributed by atoms with Crippen molar-refractivity contribution in [2.24, 2.45) is 0 Å². The second kappa shape index (κ2) is 9.35. The number of hydrogen-bond acceptors (Lipinski definition) is 4. The summed E-state index contributed by atoms with van der Waals surface area (Å²) in [7, 11) is 0. The van der Waals surface area contributed by atoms with Crippen molar-refractivity contribution in [1.82, 2.24) is 4.98 Å². The Labute approximate surface area is 196 Å². The molecule has 0 atom stereocenters. The van der Waals surface area contributed by atoms with Gasteiger partial charge in [0.25, 0.3) is 5.91 Å². The Morgan fingerprint density at radius 3 is 2.63 bits per heavy atom. The SMILES string of the molecule is O=C(COc1ccc(Cl)cc1Cl)N(Cc1ccccc1)c1nc2ccc(Br)cc2s1. The monoisotopic (exact) mass is 520 g/mol. The second-order valence-corrected chi connectivity index (χ2v) is 9.21. The van der Waals surface area contributed by atoms with Gasteiger partial charge in [-0.2, -0.15) is 0 Å². The van der Waals surface area contributed by atoms with Crippen LogP contribution in [0.4, 0.5) is 5.13 Å². The van der Waals surface area contributed by atoms with Gasteiger partial charge in [0.1, 0.15) is 5.75 Å². The summed E-state index contributed by atoms with van der Waals surface area (Å²) < 4.78 is 7.63. The molecule has 0 bridgehead atoms. The number of aromatic nitrogens is 1. The van der Waals surface area contributed by atoms with Gasteiger partial charge in [-0.3, -0.25) is 9.69 Å². The molecule has 0 fully saturated rings. The molecule has 30 heavy (non-hydrogen) atoms. The van der Waals surface area contributed by atoms with Gasteiger partial charge in [0.2, 0.25) is 0 Å². The summed E-state index contributed by atoms with van der Waals surface area (Å²) in [6.07, 6.45) is 0. The molecule has 1 heterocycles. The van der Waals surface area contributed by atoms with Crippen LogP contribution in [0.25, 0.3) is 10.2 Å². The molecular weight excluding hydrogens is 507 g/mol. The van der Waals surface area contributed by atoms with E-state index in [9.17, 15) is 4.79 Å². The summed E-state index contributed by atoms with van der Waals surface area (Å²) in [4.78, 5) is 19.4. The van der Waals surface area contributed by atoms with E-state index in [4.69, 9.17) is 27.9 Å². The van der Waals surface area contributed by atoms with Crippen LogP contribution < -0.4 is 9.64 Å². The van der Waals surface area contributed by atoms with Crippen molar-refractivity contribution in [3.63, 3.8) is 0 Å². The van der Waals surface area contributed by atoms with Crippen molar-refractivity contribution in [3.8, 4) is 5.75 Å². The molecule has 1 aromatic heterocycles. The zero-order valence-corrected chi connectivity index (χ0v) is 19.4. The van der Waals surface area contributed by atoms with E-state index in [2.05, 4.69) is 20.9 Å². The molecule has 8 heteroatoms. The van der Waals surface area contributed by atoms with Crippen LogP contribution >= 0.6 is 50.5 Å². The molecule has 4 nitrogen and oxygen atoms in total. The Hall–Kier alpha value is -2.12. The van der Waals surface area contributed by atoms with Gasteiger partial charge < -0.3 is 4.74 Å². The fourth-order valence-electron chi connectivity index (χ4n) is 2.84. The van der Waals surface area contributed by atoms with Crippen LogP contribution in [-0.2, 0) is 11.3 Å². The maximum absolute atomic E-state index is 13.1. The number of rotatable bonds is 6. The number of hydrogen-bond donors (Lipinski definition) is 0. The molecular formula is C22H15BrCl2N2O2S. The smallest absolute Gasteiger partial charge is 0.267 e. The molecule has 0 aliphatic heterocycles. The van der Waals surface area contributed by atoms with E-state index in [1.54, 1.807) is 23.1 Å². The molecule has 0 aliphatic carbocycles. The van der Waals surface area contributed by atoms with Crippen LogP contribution in [0.3, 0.4) is 0 Å². The van der Waals surface area contributed by atoms with E-state index >= 15 is 0 Å². The van der Waals surface area contributed by atoms with Gasteiger partial charge in [-0.05, 0) is 42.0 Å². The normalized spacial score (nSPS) is 10.9. The molecule has 3 aromatic carbocycles. The number of fused-ring (bicyclic) bond motifs is 1. The van der Waals surface area contributed by atoms with Gasteiger partial charge in [0.15, 0.2) is 11.7 Å². The van der Waals surface area contributed by atoms with E-state index < -0.39 is 0 Å². The van der Waals surface area contributed by atoms with Gasteiger partial charge in [-0.25, -0.2) is 4.98 Å². The highest BCUT2D eigenvalue weighted by atomic mass is 79.9. The molecule has 152 valence electrons. The van der Waals surface area contributed by atoms with Crippen molar-refractivity contribution in [2.75, 3.05) is 11.5 Å². The summed E-state index contributed by atoms with van der Waals surface area (Å²) in [6, 6.07) is 20.5. The summed E-state index contributed by atoms with van der Waals surface area (Å²) in [5.41, 5.74) is 1.83. The third kappa shape index (κ3) is 4.95. The van der Waals surface area contributed by atoms with E-state index in [0.717, 1.165) is 20.3 Å². The number of anilines is 1. The van der Waals surface area contributed by atoms with Gasteiger partial charge >= 0.3 is 0 Å². The fraction of sp³-hybridized carbons (Fsp3) is 0.0909. The first-order valence-corrected chi connectivity index (χ1v) is 11.3. The zero-order chi connectivity index (χ0) is 21.1.